The van der Waals surface area contributed by atoms with Crippen molar-refractivity contribution in [3.63, 3.8) is 0 Å². The summed E-state index contributed by atoms with van der Waals surface area (Å²) in [5.74, 6) is -0.167. The maximum Gasteiger partial charge on any atom is 0.258 e. The topological polar surface area (TPSA) is 115 Å². The number of nitrogens with two attached hydrogens (primary N) is 1. The van der Waals surface area contributed by atoms with E-state index in [2.05, 4.69) is 21.1 Å². The van der Waals surface area contributed by atoms with Crippen LogP contribution in [0.2, 0.25) is 0 Å². The van der Waals surface area contributed by atoms with E-state index >= 15 is 0 Å². The Balaban J connectivity index is 1.94. The Morgan fingerprint density at radius 3 is 2.90 bits per heavy atom. The van der Waals surface area contributed by atoms with E-state index in [9.17, 15) is 9.65 Å². The first-order chi connectivity index (χ1) is 14.4. The molecule has 3 heterocycles. The fourth-order valence-corrected chi connectivity index (χ4v) is 3.54. The van der Waals surface area contributed by atoms with E-state index in [-0.39, 0.29) is 24.1 Å². The van der Waals surface area contributed by atoms with Crippen molar-refractivity contribution in [2.75, 3.05) is 12.8 Å². The number of hydrogen-bond donors (Lipinski definition) is 1. The molecule has 2 bridgehead atoms. The molecule has 154 valence electrons. The van der Waals surface area contributed by atoms with Crippen LogP contribution in [-0.2, 0) is 25.0 Å². The largest absolute Gasteiger partial charge is 0.467 e. The smallest absolute Gasteiger partial charge is 0.258 e. The summed E-state index contributed by atoms with van der Waals surface area (Å²) in [4.78, 5) is 14.2. The predicted octanol–water partition coefficient (Wildman–Crippen LogP) is 2.49. The average molecular weight is 409 g/mol. The van der Waals surface area contributed by atoms with Gasteiger partial charge in [-0.25, -0.2) is 14.4 Å². The van der Waals surface area contributed by atoms with Crippen LogP contribution in [0.3, 0.4) is 0 Å². The number of aromatic nitrogens is 4. The first-order valence-corrected chi connectivity index (χ1v) is 9.24. The van der Waals surface area contributed by atoms with Gasteiger partial charge in [-0.05, 0) is 30.2 Å². The molecular formula is C20H20FN7O2. The number of halogens is 1. The van der Waals surface area contributed by atoms with Gasteiger partial charge in [0.05, 0.1) is 36.8 Å². The van der Waals surface area contributed by atoms with Gasteiger partial charge in [-0.1, -0.05) is 6.07 Å². The number of aryl methyl sites for hydroxylation is 1. The molecule has 2 N–H and O–H groups in total. The fourth-order valence-electron chi connectivity index (χ4n) is 3.54. The summed E-state index contributed by atoms with van der Waals surface area (Å²) in [7, 11) is 3.23. The third kappa shape index (κ3) is 3.45. The van der Waals surface area contributed by atoms with E-state index in [0.717, 1.165) is 5.56 Å². The zero-order valence-electron chi connectivity index (χ0n) is 16.8. The molecule has 0 saturated heterocycles. The first kappa shape index (κ1) is 19.8. The van der Waals surface area contributed by atoms with Crippen molar-refractivity contribution in [1.29, 1.82) is 5.26 Å². The van der Waals surface area contributed by atoms with Crippen molar-refractivity contribution in [3.8, 4) is 23.2 Å². The summed E-state index contributed by atoms with van der Waals surface area (Å²) in [6.45, 7) is 2.41. The summed E-state index contributed by atoms with van der Waals surface area (Å²) in [6, 6.07) is 6.66. The third-order valence-electron chi connectivity index (χ3n) is 5.01. The Morgan fingerprint density at radius 2 is 2.17 bits per heavy atom. The standard InChI is InChI=1S/C20H20FN7O2/c1-11-14-6-13(21)5-4-12(14)9-28(29-3)10-16-18(17(7-22)27(2)26-16)15-8-24-19(23)20(25-15)30-11/h4-6,8,11H,9-10H2,1-3H3,(H2,23,24)/t11-/m1/s1. The molecular weight excluding hydrogens is 389 g/mol. The van der Waals surface area contributed by atoms with E-state index in [1.165, 1.54) is 23.0 Å². The lowest BCUT2D eigenvalue weighted by Gasteiger charge is -2.24. The third-order valence-corrected chi connectivity index (χ3v) is 5.01. The van der Waals surface area contributed by atoms with Crippen molar-refractivity contribution in [2.45, 2.75) is 26.1 Å². The Morgan fingerprint density at radius 1 is 1.37 bits per heavy atom. The molecule has 2 aromatic heterocycles. The summed E-state index contributed by atoms with van der Waals surface area (Å²) < 4.78 is 21.4. The highest BCUT2D eigenvalue weighted by atomic mass is 19.1. The number of nitrogens with zero attached hydrogens (tertiary/aromatic N) is 6. The fraction of sp³-hybridized carbons (Fsp3) is 0.300. The molecule has 0 radical (unpaired) electrons. The molecule has 30 heavy (non-hydrogen) atoms. The highest BCUT2D eigenvalue weighted by Crippen LogP contribution is 2.33. The Bertz CT molecular complexity index is 1150. The van der Waals surface area contributed by atoms with E-state index in [4.69, 9.17) is 15.3 Å². The molecule has 1 aliphatic rings. The quantitative estimate of drug-likeness (QED) is 0.652. The SMILES string of the molecule is CON1Cc2ccc(F)cc2[C@@H](C)Oc2nc(cnc2N)-c2c(nn(C)c2C#N)C1. The first-order valence-electron chi connectivity index (χ1n) is 9.24. The minimum absolute atomic E-state index is 0.100. The summed E-state index contributed by atoms with van der Waals surface area (Å²) in [5.41, 5.74) is 9.29. The summed E-state index contributed by atoms with van der Waals surface area (Å²) >= 11 is 0. The van der Waals surface area contributed by atoms with Crippen LogP contribution in [-0.4, -0.2) is 31.9 Å². The second kappa shape index (κ2) is 7.70. The van der Waals surface area contributed by atoms with Gasteiger partial charge in [0.2, 0.25) is 0 Å². The van der Waals surface area contributed by atoms with Gasteiger partial charge in [0.15, 0.2) is 5.82 Å². The maximum absolute atomic E-state index is 14.0. The van der Waals surface area contributed by atoms with Crippen molar-refractivity contribution < 1.29 is 14.0 Å². The van der Waals surface area contributed by atoms with Crippen LogP contribution in [0.15, 0.2) is 24.4 Å². The monoisotopic (exact) mass is 409 g/mol. The van der Waals surface area contributed by atoms with Crippen LogP contribution in [0.25, 0.3) is 11.3 Å². The minimum atomic E-state index is -0.551. The molecule has 0 amide bonds. The highest BCUT2D eigenvalue weighted by molar-refractivity contribution is 5.69. The van der Waals surface area contributed by atoms with E-state index < -0.39 is 6.10 Å². The zero-order chi connectivity index (χ0) is 21.4. The average Bonchev–Trinajstić information content (AvgIpc) is 3.04. The second-order valence-corrected chi connectivity index (χ2v) is 6.94. The molecule has 0 fully saturated rings. The lowest BCUT2D eigenvalue weighted by atomic mass is 10.0. The number of hydrogen-bond acceptors (Lipinski definition) is 8. The summed E-state index contributed by atoms with van der Waals surface area (Å²) in [6.07, 6.45) is 0.926. The number of fused-ring (bicyclic) bond motifs is 5. The number of anilines is 1. The van der Waals surface area contributed by atoms with Crippen molar-refractivity contribution in [1.82, 2.24) is 24.8 Å². The Hall–Kier alpha value is -3.55. The Labute approximate surface area is 172 Å². The van der Waals surface area contributed by atoms with Crippen LogP contribution in [0.1, 0.15) is 35.5 Å². The van der Waals surface area contributed by atoms with Gasteiger partial charge >= 0.3 is 0 Å². The van der Waals surface area contributed by atoms with E-state index in [1.54, 1.807) is 32.2 Å². The number of hydroxylamine groups is 2. The second-order valence-electron chi connectivity index (χ2n) is 6.94. The van der Waals surface area contributed by atoms with Crippen LogP contribution in [0.5, 0.6) is 5.88 Å². The van der Waals surface area contributed by atoms with Gasteiger partial charge < -0.3 is 15.3 Å². The molecule has 1 aliphatic heterocycles. The van der Waals surface area contributed by atoms with Gasteiger partial charge in [0.1, 0.15) is 23.7 Å². The van der Waals surface area contributed by atoms with E-state index in [1.807, 2.05) is 0 Å². The molecule has 1 aromatic carbocycles. The molecule has 4 rings (SSSR count). The zero-order valence-corrected chi connectivity index (χ0v) is 16.8. The minimum Gasteiger partial charge on any atom is -0.467 e. The molecule has 0 unspecified atom stereocenters. The maximum atomic E-state index is 14.0. The Kier molecular flexibility index (Phi) is 5.07. The van der Waals surface area contributed by atoms with Crippen LogP contribution in [0.4, 0.5) is 10.2 Å². The number of benzene rings is 1. The molecule has 10 heteroatoms. The van der Waals surface area contributed by atoms with Crippen LogP contribution in [0, 0.1) is 17.1 Å². The van der Waals surface area contributed by atoms with Crippen molar-refractivity contribution in [3.05, 3.63) is 52.7 Å². The van der Waals surface area contributed by atoms with Gasteiger partial charge in [-0.3, -0.25) is 4.68 Å². The molecule has 9 nitrogen and oxygen atoms in total. The van der Waals surface area contributed by atoms with Gasteiger partial charge in [-0.15, -0.1) is 0 Å². The molecule has 3 aromatic rings. The molecule has 0 aliphatic carbocycles. The van der Waals surface area contributed by atoms with Crippen LogP contribution >= 0.6 is 0 Å². The number of rotatable bonds is 1. The number of ether oxygens (including phenoxy) is 1. The predicted molar refractivity (Wildman–Crippen MR) is 105 cm³/mol. The molecule has 1 atom stereocenters. The van der Waals surface area contributed by atoms with E-state index in [0.29, 0.717) is 34.8 Å². The van der Waals surface area contributed by atoms with Gasteiger partial charge in [0.25, 0.3) is 5.88 Å². The normalized spacial score (nSPS) is 16.4. The lowest BCUT2D eigenvalue weighted by Crippen LogP contribution is -2.24. The van der Waals surface area contributed by atoms with Crippen LogP contribution < -0.4 is 10.5 Å². The number of nitriles is 1. The highest BCUT2D eigenvalue weighted by Gasteiger charge is 2.25. The molecule has 0 spiro atoms. The lowest BCUT2D eigenvalue weighted by molar-refractivity contribution is -0.147. The van der Waals surface area contributed by atoms with Crippen molar-refractivity contribution >= 4 is 5.82 Å². The van der Waals surface area contributed by atoms with Gasteiger partial charge in [-0.2, -0.15) is 15.4 Å². The van der Waals surface area contributed by atoms with Crippen molar-refractivity contribution in [2.24, 2.45) is 7.05 Å². The summed E-state index contributed by atoms with van der Waals surface area (Å²) in [5, 5.41) is 15.8. The molecule has 0 saturated carbocycles. The number of nitrogen functional groups attached to an aromatic ring is 1. The van der Waals surface area contributed by atoms with Gasteiger partial charge in [0, 0.05) is 13.6 Å².